The molecule has 0 spiro atoms. The van der Waals surface area contributed by atoms with Gasteiger partial charge in [0.2, 0.25) is 15.9 Å². The molecule has 37 heavy (non-hydrogen) atoms. The summed E-state index contributed by atoms with van der Waals surface area (Å²) in [5, 5.41) is 3.54. The number of para-hydroxylation sites is 1. The van der Waals surface area contributed by atoms with Crippen molar-refractivity contribution in [1.29, 1.82) is 0 Å². The largest absolute Gasteiger partial charge is 0.451 e. The molecule has 4 heterocycles. The topological polar surface area (TPSA) is 130 Å². The summed E-state index contributed by atoms with van der Waals surface area (Å²) >= 11 is 0. The Morgan fingerprint density at radius 3 is 2.70 bits per heavy atom. The summed E-state index contributed by atoms with van der Waals surface area (Å²) in [6.45, 7) is 1.85. The lowest BCUT2D eigenvalue weighted by Gasteiger charge is -2.28. The molecule has 1 aromatic carbocycles. The molecule has 10 nitrogen and oxygen atoms in total. The van der Waals surface area contributed by atoms with E-state index in [-0.39, 0.29) is 30.4 Å². The first-order valence-electron chi connectivity index (χ1n) is 12.3. The summed E-state index contributed by atoms with van der Waals surface area (Å²) in [6, 6.07) is 11.5. The van der Waals surface area contributed by atoms with Gasteiger partial charge in [-0.3, -0.25) is 19.4 Å². The number of nitrogens with zero attached hydrogens (tertiary/aromatic N) is 3. The molecule has 194 valence electrons. The molecule has 1 N–H and O–H groups in total. The van der Waals surface area contributed by atoms with Crippen molar-refractivity contribution >= 4 is 38.6 Å². The van der Waals surface area contributed by atoms with Crippen molar-refractivity contribution in [3.05, 3.63) is 66.2 Å². The van der Waals surface area contributed by atoms with E-state index in [0.29, 0.717) is 30.5 Å². The van der Waals surface area contributed by atoms with Crippen molar-refractivity contribution < 1.29 is 27.2 Å². The van der Waals surface area contributed by atoms with Crippen LogP contribution in [0.15, 0.2) is 59.1 Å². The molecule has 3 unspecified atom stereocenters. The summed E-state index contributed by atoms with van der Waals surface area (Å²) in [7, 11) is -3.82. The first-order valence-corrected chi connectivity index (χ1v) is 13.9. The van der Waals surface area contributed by atoms with Gasteiger partial charge >= 0.3 is 0 Å². The highest BCUT2D eigenvalue weighted by molar-refractivity contribution is 7.88. The third kappa shape index (κ3) is 4.88. The van der Waals surface area contributed by atoms with Crippen LogP contribution in [0, 0.1) is 0 Å². The maximum Gasteiger partial charge on any atom is 0.287 e. The molecular formula is C26H28N4O6S. The molecule has 0 saturated carbocycles. The highest BCUT2D eigenvalue weighted by Gasteiger charge is 2.54. The van der Waals surface area contributed by atoms with Gasteiger partial charge in [-0.15, -0.1) is 0 Å². The first-order chi connectivity index (χ1) is 17.8. The van der Waals surface area contributed by atoms with Gasteiger partial charge in [0.15, 0.2) is 11.5 Å². The van der Waals surface area contributed by atoms with E-state index in [1.165, 1.54) is 15.4 Å². The minimum atomic E-state index is -3.82. The zero-order chi connectivity index (χ0) is 26.2. The van der Waals surface area contributed by atoms with Crippen LogP contribution in [0.4, 0.5) is 0 Å². The Morgan fingerprint density at radius 1 is 1.19 bits per heavy atom. The summed E-state index contributed by atoms with van der Waals surface area (Å²) < 4.78 is 33.1. The van der Waals surface area contributed by atoms with Crippen LogP contribution in [-0.2, 0) is 25.4 Å². The Balaban J connectivity index is 1.31. The van der Waals surface area contributed by atoms with Crippen molar-refractivity contribution in [1.82, 2.24) is 19.5 Å². The highest BCUT2D eigenvalue weighted by atomic mass is 32.2. The lowest BCUT2D eigenvalue weighted by molar-refractivity contribution is -0.138. The molecular weight excluding hydrogens is 496 g/mol. The number of rotatable bonds is 8. The zero-order valence-electron chi connectivity index (χ0n) is 20.4. The standard InChI is InChI=1S/C26H28N4O6S/c1-2-7-19(28-25(32)23-14-17-8-3-4-10-22(17)36-23)26(33)29-13-11-20-24(29)21(31)15-30(20)37(34,35)16-18-9-5-6-12-27-18/h3-6,8-10,12,14,19-20,24H,2,7,11,13,15-16H2,1H3,(H,28,32). The Bertz CT molecular complexity index is 1400. The minimum absolute atomic E-state index is 0.0955. The van der Waals surface area contributed by atoms with Gasteiger partial charge in [-0.05, 0) is 37.1 Å². The van der Waals surface area contributed by atoms with Gasteiger partial charge in [0.05, 0.1) is 18.3 Å². The fourth-order valence-electron chi connectivity index (χ4n) is 5.20. The number of nitrogens with one attached hydrogen (secondary N) is 1. The van der Waals surface area contributed by atoms with Crippen LogP contribution in [0.3, 0.4) is 0 Å². The van der Waals surface area contributed by atoms with Crippen LogP contribution >= 0.6 is 0 Å². The van der Waals surface area contributed by atoms with Gasteiger partial charge in [-0.2, -0.15) is 4.31 Å². The molecule has 3 aromatic rings. The Morgan fingerprint density at radius 2 is 1.97 bits per heavy atom. The smallest absolute Gasteiger partial charge is 0.287 e. The molecule has 11 heteroatoms. The summed E-state index contributed by atoms with van der Waals surface area (Å²) in [5.41, 5.74) is 0.956. The van der Waals surface area contributed by atoms with Crippen molar-refractivity contribution in [3.63, 3.8) is 0 Å². The number of pyridine rings is 1. The number of benzene rings is 1. The number of likely N-dealkylation sites (tertiary alicyclic amines) is 1. The lowest BCUT2D eigenvalue weighted by atomic mass is 10.1. The molecule has 2 fully saturated rings. The lowest BCUT2D eigenvalue weighted by Crippen LogP contribution is -2.52. The monoisotopic (exact) mass is 524 g/mol. The van der Waals surface area contributed by atoms with E-state index >= 15 is 0 Å². The van der Waals surface area contributed by atoms with E-state index < -0.39 is 40.0 Å². The third-order valence-electron chi connectivity index (χ3n) is 6.90. The Hall–Kier alpha value is -3.57. The number of carbonyl (C=O) groups is 3. The number of amides is 2. The van der Waals surface area contributed by atoms with E-state index in [0.717, 1.165) is 5.39 Å². The SMILES string of the molecule is CCCC(NC(=O)c1cc2ccccc2o1)C(=O)N1CCC2C1C(=O)CN2S(=O)(=O)Cc1ccccn1. The van der Waals surface area contributed by atoms with Gasteiger partial charge in [-0.25, -0.2) is 8.42 Å². The van der Waals surface area contributed by atoms with Crippen molar-refractivity contribution in [3.8, 4) is 0 Å². The molecule has 2 amide bonds. The van der Waals surface area contributed by atoms with E-state index in [4.69, 9.17) is 4.42 Å². The number of furan rings is 1. The maximum absolute atomic E-state index is 13.6. The number of ketones is 1. The van der Waals surface area contributed by atoms with Crippen LogP contribution in [0.25, 0.3) is 11.0 Å². The van der Waals surface area contributed by atoms with Crippen LogP contribution in [0.2, 0.25) is 0 Å². The summed E-state index contributed by atoms with van der Waals surface area (Å²) in [6.07, 6.45) is 2.86. The number of Topliss-reactive ketones (excluding diaryl/α,β-unsaturated/α-hetero) is 1. The number of carbonyl (C=O) groups excluding carboxylic acids is 3. The van der Waals surface area contributed by atoms with E-state index in [1.54, 1.807) is 36.4 Å². The second-order valence-electron chi connectivity index (χ2n) is 9.38. The van der Waals surface area contributed by atoms with Crippen LogP contribution in [0.5, 0.6) is 0 Å². The molecule has 0 bridgehead atoms. The first kappa shape index (κ1) is 25.1. The number of fused-ring (bicyclic) bond motifs is 2. The third-order valence-corrected chi connectivity index (χ3v) is 8.68. The van der Waals surface area contributed by atoms with Crippen LogP contribution < -0.4 is 5.32 Å². The molecule has 2 aliphatic rings. The molecule has 2 aromatic heterocycles. The predicted molar refractivity (Wildman–Crippen MR) is 135 cm³/mol. The molecule has 0 aliphatic carbocycles. The highest BCUT2D eigenvalue weighted by Crippen LogP contribution is 2.33. The minimum Gasteiger partial charge on any atom is -0.451 e. The number of hydrogen-bond donors (Lipinski definition) is 1. The quantitative estimate of drug-likeness (QED) is 0.478. The van der Waals surface area contributed by atoms with E-state index in [1.807, 2.05) is 19.1 Å². The van der Waals surface area contributed by atoms with Gasteiger partial charge in [0.25, 0.3) is 5.91 Å². The molecule has 5 rings (SSSR count). The molecule has 2 saturated heterocycles. The van der Waals surface area contributed by atoms with Gasteiger partial charge in [-0.1, -0.05) is 37.6 Å². The second kappa shape index (κ2) is 10.1. The van der Waals surface area contributed by atoms with Gasteiger partial charge in [0, 0.05) is 18.1 Å². The van der Waals surface area contributed by atoms with Crippen molar-refractivity contribution in [2.24, 2.45) is 0 Å². The van der Waals surface area contributed by atoms with Gasteiger partial charge in [0.1, 0.15) is 23.4 Å². The number of hydrogen-bond acceptors (Lipinski definition) is 7. The van der Waals surface area contributed by atoms with Crippen LogP contribution in [-0.4, -0.2) is 71.4 Å². The molecule has 2 aliphatic heterocycles. The van der Waals surface area contributed by atoms with Gasteiger partial charge < -0.3 is 14.6 Å². The average molecular weight is 525 g/mol. The van der Waals surface area contributed by atoms with Crippen molar-refractivity contribution in [2.75, 3.05) is 13.1 Å². The van der Waals surface area contributed by atoms with Crippen molar-refractivity contribution in [2.45, 2.75) is 50.1 Å². The summed E-state index contributed by atoms with van der Waals surface area (Å²) in [4.78, 5) is 45.0. The number of sulfonamides is 1. The van der Waals surface area contributed by atoms with E-state index in [2.05, 4.69) is 10.3 Å². The average Bonchev–Trinajstić information content (AvgIpc) is 3.59. The maximum atomic E-state index is 13.6. The molecule has 3 atom stereocenters. The fraction of sp³-hybridized carbons (Fsp3) is 0.385. The Labute approximate surface area is 214 Å². The molecule has 0 radical (unpaired) electrons. The van der Waals surface area contributed by atoms with E-state index in [9.17, 15) is 22.8 Å². The zero-order valence-corrected chi connectivity index (χ0v) is 21.2. The summed E-state index contributed by atoms with van der Waals surface area (Å²) in [5.74, 6) is -1.45. The Kier molecular flexibility index (Phi) is 6.82. The second-order valence-corrected chi connectivity index (χ2v) is 11.3. The predicted octanol–water partition coefficient (Wildman–Crippen LogP) is 2.11. The fourth-order valence-corrected chi connectivity index (χ4v) is 6.87. The normalized spacial score (nSPS) is 20.8. The number of aromatic nitrogens is 1. The van der Waals surface area contributed by atoms with Crippen LogP contribution in [0.1, 0.15) is 42.4 Å².